The average molecular weight is 299 g/mol. The lowest BCUT2D eigenvalue weighted by Crippen LogP contribution is -2.17. The Kier molecular flexibility index (Phi) is 3.93. The fourth-order valence-corrected chi connectivity index (χ4v) is 1.48. The molecule has 1 atom stereocenters. The van der Waals surface area contributed by atoms with Gasteiger partial charge >= 0.3 is 5.97 Å². The van der Waals surface area contributed by atoms with Crippen LogP contribution in [0.1, 0.15) is 11.7 Å². The SMILES string of the molecule is COC(=O)C(O)c1c(F)c(F)cc(Br)c1F. The van der Waals surface area contributed by atoms with Crippen LogP contribution >= 0.6 is 15.9 Å². The highest BCUT2D eigenvalue weighted by atomic mass is 79.9. The molecule has 3 nitrogen and oxygen atoms in total. The Labute approximate surface area is 97.0 Å². The first-order valence-electron chi connectivity index (χ1n) is 3.99. The van der Waals surface area contributed by atoms with Gasteiger partial charge in [-0.2, -0.15) is 0 Å². The Morgan fingerprint density at radius 2 is 2.00 bits per heavy atom. The summed E-state index contributed by atoms with van der Waals surface area (Å²) in [6, 6.07) is 0.554. The maximum Gasteiger partial charge on any atom is 0.339 e. The van der Waals surface area contributed by atoms with E-state index in [9.17, 15) is 23.1 Å². The number of aliphatic hydroxyl groups excluding tert-OH is 1. The van der Waals surface area contributed by atoms with Crippen LogP contribution in [0.2, 0.25) is 0 Å². The molecule has 0 saturated heterocycles. The summed E-state index contributed by atoms with van der Waals surface area (Å²) < 4.78 is 43.2. The number of carbonyl (C=O) groups excluding carboxylic acids is 1. The van der Waals surface area contributed by atoms with Crippen molar-refractivity contribution in [2.75, 3.05) is 7.11 Å². The molecule has 0 fully saturated rings. The van der Waals surface area contributed by atoms with E-state index in [1.807, 2.05) is 0 Å². The number of halogens is 4. The van der Waals surface area contributed by atoms with Crippen molar-refractivity contribution in [3.63, 3.8) is 0 Å². The maximum absolute atomic E-state index is 13.4. The van der Waals surface area contributed by atoms with Gasteiger partial charge in [0.15, 0.2) is 17.7 Å². The maximum atomic E-state index is 13.4. The zero-order valence-corrected chi connectivity index (χ0v) is 9.52. The van der Waals surface area contributed by atoms with Gasteiger partial charge in [-0.1, -0.05) is 0 Å². The molecule has 0 aliphatic rings. The summed E-state index contributed by atoms with van der Waals surface area (Å²) in [6.45, 7) is 0. The highest BCUT2D eigenvalue weighted by Gasteiger charge is 2.29. The van der Waals surface area contributed by atoms with Crippen LogP contribution in [0.4, 0.5) is 13.2 Å². The second kappa shape index (κ2) is 4.84. The molecule has 1 unspecified atom stereocenters. The van der Waals surface area contributed by atoms with Crippen molar-refractivity contribution in [3.05, 3.63) is 33.6 Å². The molecule has 1 aromatic carbocycles. The Morgan fingerprint density at radius 3 is 2.50 bits per heavy atom. The van der Waals surface area contributed by atoms with Crippen molar-refractivity contribution in [2.45, 2.75) is 6.10 Å². The molecule has 0 saturated carbocycles. The summed E-state index contributed by atoms with van der Waals surface area (Å²) in [7, 11) is 0.926. The highest BCUT2D eigenvalue weighted by Crippen LogP contribution is 2.29. The van der Waals surface area contributed by atoms with E-state index >= 15 is 0 Å². The zero-order valence-electron chi connectivity index (χ0n) is 7.93. The fourth-order valence-electron chi connectivity index (χ4n) is 1.06. The molecule has 0 radical (unpaired) electrons. The van der Waals surface area contributed by atoms with Crippen LogP contribution in [-0.4, -0.2) is 18.2 Å². The molecule has 0 aliphatic carbocycles. The number of esters is 1. The molecular weight excluding hydrogens is 293 g/mol. The normalized spacial score (nSPS) is 12.4. The Hall–Kier alpha value is -1.08. The molecule has 16 heavy (non-hydrogen) atoms. The number of aliphatic hydroxyl groups is 1. The van der Waals surface area contributed by atoms with E-state index in [1.54, 1.807) is 0 Å². The minimum absolute atomic E-state index is 0.399. The summed E-state index contributed by atoms with van der Waals surface area (Å²) in [6.07, 6.45) is -2.21. The molecule has 88 valence electrons. The van der Waals surface area contributed by atoms with Crippen molar-refractivity contribution in [1.82, 2.24) is 0 Å². The number of rotatable bonds is 2. The van der Waals surface area contributed by atoms with Crippen LogP contribution in [0.5, 0.6) is 0 Å². The number of carbonyl (C=O) groups is 1. The number of hydrogen-bond acceptors (Lipinski definition) is 3. The standard InChI is InChI=1S/C9H6BrF3O3/c1-16-9(15)8(14)5-6(12)3(10)2-4(11)7(5)13/h2,8,14H,1H3. The number of methoxy groups -OCH3 is 1. The Balaban J connectivity index is 3.37. The Morgan fingerprint density at radius 1 is 1.44 bits per heavy atom. The molecule has 1 rings (SSSR count). The summed E-state index contributed by atoms with van der Waals surface area (Å²) in [5, 5.41) is 9.26. The highest BCUT2D eigenvalue weighted by molar-refractivity contribution is 9.10. The molecule has 1 N–H and O–H groups in total. The summed E-state index contributed by atoms with van der Waals surface area (Å²) >= 11 is 2.63. The summed E-state index contributed by atoms with van der Waals surface area (Å²) in [5.41, 5.74) is -1.08. The van der Waals surface area contributed by atoms with E-state index < -0.39 is 39.6 Å². The third-order valence-electron chi connectivity index (χ3n) is 1.84. The van der Waals surface area contributed by atoms with Gasteiger partial charge in [0, 0.05) is 0 Å². The van der Waals surface area contributed by atoms with Crippen molar-refractivity contribution in [3.8, 4) is 0 Å². The molecule has 0 bridgehead atoms. The molecule has 0 aliphatic heterocycles. The first-order valence-corrected chi connectivity index (χ1v) is 4.78. The predicted octanol–water partition coefficient (Wildman–Crippen LogP) is 2.07. The van der Waals surface area contributed by atoms with Gasteiger partial charge in [-0.25, -0.2) is 18.0 Å². The van der Waals surface area contributed by atoms with Crippen LogP contribution < -0.4 is 0 Å². The van der Waals surface area contributed by atoms with E-state index in [0.29, 0.717) is 6.07 Å². The molecule has 0 heterocycles. The summed E-state index contributed by atoms with van der Waals surface area (Å²) in [4.78, 5) is 10.9. The van der Waals surface area contributed by atoms with Gasteiger partial charge in [0.1, 0.15) is 5.82 Å². The van der Waals surface area contributed by atoms with Crippen LogP contribution in [0, 0.1) is 17.5 Å². The van der Waals surface area contributed by atoms with E-state index in [0.717, 1.165) is 7.11 Å². The van der Waals surface area contributed by atoms with Crippen LogP contribution in [0.15, 0.2) is 10.5 Å². The first-order chi connectivity index (χ1) is 7.40. The number of ether oxygens (including phenoxy) is 1. The van der Waals surface area contributed by atoms with Gasteiger partial charge in [-0.05, 0) is 22.0 Å². The largest absolute Gasteiger partial charge is 0.467 e. The van der Waals surface area contributed by atoms with E-state index in [-0.39, 0.29) is 0 Å². The predicted molar refractivity (Wildman–Crippen MR) is 51.0 cm³/mol. The van der Waals surface area contributed by atoms with Gasteiger partial charge in [-0.15, -0.1) is 0 Å². The van der Waals surface area contributed by atoms with Crippen molar-refractivity contribution in [2.24, 2.45) is 0 Å². The number of benzene rings is 1. The molecule has 0 spiro atoms. The second-order valence-corrected chi connectivity index (χ2v) is 3.66. The van der Waals surface area contributed by atoms with Gasteiger partial charge in [0.05, 0.1) is 17.1 Å². The van der Waals surface area contributed by atoms with Gasteiger partial charge < -0.3 is 9.84 Å². The summed E-state index contributed by atoms with van der Waals surface area (Å²) in [5.74, 6) is -5.54. The lowest BCUT2D eigenvalue weighted by molar-refractivity contribution is -0.151. The van der Waals surface area contributed by atoms with E-state index in [4.69, 9.17) is 0 Å². The smallest absolute Gasteiger partial charge is 0.339 e. The lowest BCUT2D eigenvalue weighted by Gasteiger charge is -2.12. The van der Waals surface area contributed by atoms with Gasteiger partial charge in [0.2, 0.25) is 0 Å². The van der Waals surface area contributed by atoms with Crippen molar-refractivity contribution >= 4 is 21.9 Å². The van der Waals surface area contributed by atoms with Gasteiger partial charge in [-0.3, -0.25) is 0 Å². The fraction of sp³-hybridized carbons (Fsp3) is 0.222. The third kappa shape index (κ3) is 2.19. The quantitative estimate of drug-likeness (QED) is 0.672. The topological polar surface area (TPSA) is 46.5 Å². The van der Waals surface area contributed by atoms with Crippen LogP contribution in [0.25, 0.3) is 0 Å². The third-order valence-corrected chi connectivity index (χ3v) is 2.42. The van der Waals surface area contributed by atoms with Crippen molar-refractivity contribution in [1.29, 1.82) is 0 Å². The molecule has 7 heteroatoms. The molecule has 0 amide bonds. The Bertz CT molecular complexity index is 410. The molecule has 0 aromatic heterocycles. The minimum Gasteiger partial charge on any atom is -0.467 e. The first kappa shape index (κ1) is 13.0. The van der Waals surface area contributed by atoms with Crippen molar-refractivity contribution < 1.29 is 27.8 Å². The van der Waals surface area contributed by atoms with Gasteiger partial charge in [0.25, 0.3) is 0 Å². The lowest BCUT2D eigenvalue weighted by atomic mass is 10.1. The van der Waals surface area contributed by atoms with Crippen LogP contribution in [-0.2, 0) is 9.53 Å². The zero-order chi connectivity index (χ0) is 12.5. The minimum atomic E-state index is -2.21. The van der Waals surface area contributed by atoms with E-state index in [1.165, 1.54) is 0 Å². The van der Waals surface area contributed by atoms with Crippen LogP contribution in [0.3, 0.4) is 0 Å². The van der Waals surface area contributed by atoms with E-state index in [2.05, 4.69) is 20.7 Å². The molecular formula is C9H6BrF3O3. The average Bonchev–Trinajstić information content (AvgIpc) is 2.25. The number of hydrogen-bond donors (Lipinski definition) is 1. The second-order valence-electron chi connectivity index (χ2n) is 2.81. The molecule has 1 aromatic rings. The monoisotopic (exact) mass is 298 g/mol.